The van der Waals surface area contributed by atoms with Gasteiger partial charge in [0.1, 0.15) is 11.5 Å². The monoisotopic (exact) mass is 324 g/mol. The fraction of sp³-hybridized carbons (Fsp3) is 0.357. The maximum Gasteiger partial charge on any atom is 0.123 e. The van der Waals surface area contributed by atoms with Crippen LogP contribution in [0.1, 0.15) is 25.6 Å². The van der Waals surface area contributed by atoms with Gasteiger partial charge in [0, 0.05) is 5.56 Å². The zero-order chi connectivity index (χ0) is 13.6. The highest BCUT2D eigenvalue weighted by Gasteiger charge is 2.28. The van der Waals surface area contributed by atoms with Crippen LogP contribution < -0.4 is 0 Å². The summed E-state index contributed by atoms with van der Waals surface area (Å²) in [6, 6.07) is 6.56. The molecule has 1 aromatic carbocycles. The van der Waals surface area contributed by atoms with Crippen molar-refractivity contribution < 1.29 is 9.13 Å². The van der Waals surface area contributed by atoms with Crippen LogP contribution in [-0.4, -0.2) is 15.9 Å². The molecule has 19 heavy (non-hydrogen) atoms. The predicted octanol–water partition coefficient (Wildman–Crippen LogP) is 3.93. The molecule has 2 aromatic rings. The van der Waals surface area contributed by atoms with Crippen molar-refractivity contribution >= 4 is 15.9 Å². The van der Waals surface area contributed by atoms with Crippen LogP contribution in [0.3, 0.4) is 0 Å². The highest BCUT2D eigenvalue weighted by atomic mass is 79.9. The van der Waals surface area contributed by atoms with E-state index in [4.69, 9.17) is 4.74 Å². The average molecular weight is 325 g/mol. The van der Waals surface area contributed by atoms with Gasteiger partial charge in [0.05, 0.1) is 28.9 Å². The Morgan fingerprint density at radius 3 is 2.68 bits per heavy atom. The third kappa shape index (κ3) is 2.11. The molecule has 0 aliphatic carbocycles. The third-order valence-corrected chi connectivity index (χ3v) is 4.44. The van der Waals surface area contributed by atoms with Crippen LogP contribution in [-0.2, 0) is 11.3 Å². The molecular weight excluding hydrogens is 311 g/mol. The Balaban J connectivity index is 2.09. The largest absolute Gasteiger partial charge is 0.370 e. The van der Waals surface area contributed by atoms with Crippen molar-refractivity contribution in [2.24, 2.45) is 0 Å². The molecule has 1 aromatic heterocycles. The first-order valence-corrected chi connectivity index (χ1v) is 7.01. The SMILES string of the molecule is CC1OCc2c(Br)c(-c3ccc(F)cc3)nn2C1C. The van der Waals surface area contributed by atoms with Gasteiger partial charge in [0.15, 0.2) is 0 Å². The maximum absolute atomic E-state index is 13.0. The average Bonchev–Trinajstić information content (AvgIpc) is 2.73. The van der Waals surface area contributed by atoms with Crippen molar-refractivity contribution in [3.63, 3.8) is 0 Å². The number of nitrogens with zero attached hydrogens (tertiary/aromatic N) is 2. The summed E-state index contributed by atoms with van der Waals surface area (Å²) in [6.07, 6.45) is 0.139. The predicted molar refractivity (Wildman–Crippen MR) is 74.3 cm³/mol. The molecule has 0 radical (unpaired) electrons. The van der Waals surface area contributed by atoms with E-state index in [0.717, 1.165) is 21.4 Å². The van der Waals surface area contributed by atoms with Gasteiger partial charge in [-0.3, -0.25) is 4.68 Å². The van der Waals surface area contributed by atoms with E-state index in [1.54, 1.807) is 12.1 Å². The molecule has 0 amide bonds. The van der Waals surface area contributed by atoms with E-state index in [2.05, 4.69) is 28.0 Å². The van der Waals surface area contributed by atoms with Crippen LogP contribution in [0, 0.1) is 5.82 Å². The van der Waals surface area contributed by atoms with Gasteiger partial charge in [0.25, 0.3) is 0 Å². The van der Waals surface area contributed by atoms with Gasteiger partial charge < -0.3 is 4.74 Å². The Bertz CT molecular complexity index is 609. The molecule has 1 aliphatic rings. The minimum absolute atomic E-state index is 0.139. The van der Waals surface area contributed by atoms with E-state index in [9.17, 15) is 4.39 Å². The summed E-state index contributed by atoms with van der Waals surface area (Å²) in [7, 11) is 0. The fourth-order valence-corrected chi connectivity index (χ4v) is 2.86. The molecule has 1 aliphatic heterocycles. The topological polar surface area (TPSA) is 27.1 Å². The van der Waals surface area contributed by atoms with E-state index in [1.165, 1.54) is 12.1 Å². The van der Waals surface area contributed by atoms with Crippen molar-refractivity contribution in [1.82, 2.24) is 9.78 Å². The van der Waals surface area contributed by atoms with Gasteiger partial charge in [-0.05, 0) is 54.0 Å². The van der Waals surface area contributed by atoms with Gasteiger partial charge in [-0.1, -0.05) is 0 Å². The zero-order valence-corrected chi connectivity index (χ0v) is 12.3. The third-order valence-electron chi connectivity index (χ3n) is 3.61. The summed E-state index contributed by atoms with van der Waals surface area (Å²) in [6.45, 7) is 4.67. The van der Waals surface area contributed by atoms with Gasteiger partial charge in [-0.15, -0.1) is 0 Å². The summed E-state index contributed by atoms with van der Waals surface area (Å²) in [4.78, 5) is 0. The summed E-state index contributed by atoms with van der Waals surface area (Å²) in [5, 5.41) is 4.65. The second-order valence-electron chi connectivity index (χ2n) is 4.82. The van der Waals surface area contributed by atoms with Crippen LogP contribution >= 0.6 is 15.9 Å². The smallest absolute Gasteiger partial charge is 0.123 e. The molecule has 100 valence electrons. The lowest BCUT2D eigenvalue weighted by Crippen LogP contribution is -2.29. The minimum atomic E-state index is -0.242. The molecular formula is C14H14BrFN2O. The van der Waals surface area contributed by atoms with Crippen LogP contribution in [0.2, 0.25) is 0 Å². The maximum atomic E-state index is 13.0. The summed E-state index contributed by atoms with van der Waals surface area (Å²) >= 11 is 3.58. The van der Waals surface area contributed by atoms with Crippen LogP contribution in [0.15, 0.2) is 28.7 Å². The van der Waals surface area contributed by atoms with E-state index in [-0.39, 0.29) is 18.0 Å². The molecule has 0 saturated carbocycles. The number of rotatable bonds is 1. The highest BCUT2D eigenvalue weighted by molar-refractivity contribution is 9.10. The number of benzene rings is 1. The number of hydrogen-bond acceptors (Lipinski definition) is 2. The molecule has 5 heteroatoms. The number of ether oxygens (including phenoxy) is 1. The van der Waals surface area contributed by atoms with Crippen LogP contribution in [0.25, 0.3) is 11.3 Å². The minimum Gasteiger partial charge on any atom is -0.370 e. The molecule has 2 unspecified atom stereocenters. The second-order valence-corrected chi connectivity index (χ2v) is 5.61. The molecule has 0 bridgehead atoms. The Morgan fingerprint density at radius 2 is 2.00 bits per heavy atom. The molecule has 3 nitrogen and oxygen atoms in total. The summed E-state index contributed by atoms with van der Waals surface area (Å²) in [5.74, 6) is -0.242. The number of aromatic nitrogens is 2. The van der Waals surface area contributed by atoms with E-state index in [1.807, 2.05) is 11.6 Å². The molecule has 0 saturated heterocycles. The number of hydrogen-bond donors (Lipinski definition) is 0. The fourth-order valence-electron chi connectivity index (χ4n) is 2.26. The van der Waals surface area contributed by atoms with Crippen LogP contribution in [0.4, 0.5) is 4.39 Å². The van der Waals surface area contributed by atoms with Crippen molar-refractivity contribution in [2.45, 2.75) is 32.6 Å². The molecule has 0 fully saturated rings. The van der Waals surface area contributed by atoms with Gasteiger partial charge >= 0.3 is 0 Å². The van der Waals surface area contributed by atoms with E-state index < -0.39 is 0 Å². The molecule has 0 N–H and O–H groups in total. The van der Waals surface area contributed by atoms with Gasteiger partial charge in [-0.2, -0.15) is 5.10 Å². The molecule has 2 atom stereocenters. The summed E-state index contributed by atoms with van der Waals surface area (Å²) < 4.78 is 21.6. The first-order chi connectivity index (χ1) is 9.08. The van der Waals surface area contributed by atoms with Crippen LogP contribution in [0.5, 0.6) is 0 Å². The van der Waals surface area contributed by atoms with Crippen molar-refractivity contribution in [2.75, 3.05) is 0 Å². The Morgan fingerprint density at radius 1 is 1.32 bits per heavy atom. The standard InChI is InChI=1S/C14H14BrFN2O/c1-8-9(2)19-7-12-13(15)14(17-18(8)12)10-3-5-11(16)6-4-10/h3-6,8-9H,7H2,1-2H3. The molecule has 0 spiro atoms. The number of fused-ring (bicyclic) bond motifs is 1. The first kappa shape index (κ1) is 12.8. The lowest BCUT2D eigenvalue weighted by Gasteiger charge is -2.28. The molecule has 2 heterocycles. The molecule has 3 rings (SSSR count). The lowest BCUT2D eigenvalue weighted by molar-refractivity contribution is -0.0108. The Hall–Kier alpha value is -1.20. The first-order valence-electron chi connectivity index (χ1n) is 6.22. The van der Waals surface area contributed by atoms with Crippen molar-refractivity contribution in [3.05, 3.63) is 40.2 Å². The second kappa shape index (κ2) is 4.72. The van der Waals surface area contributed by atoms with Crippen molar-refractivity contribution in [1.29, 1.82) is 0 Å². The zero-order valence-electron chi connectivity index (χ0n) is 10.7. The van der Waals surface area contributed by atoms with E-state index >= 15 is 0 Å². The van der Waals surface area contributed by atoms with Gasteiger partial charge in [-0.25, -0.2) is 4.39 Å². The number of halogens is 2. The van der Waals surface area contributed by atoms with Crippen molar-refractivity contribution in [3.8, 4) is 11.3 Å². The Labute approximate surface area is 119 Å². The quantitative estimate of drug-likeness (QED) is 0.794. The van der Waals surface area contributed by atoms with E-state index in [0.29, 0.717) is 6.61 Å². The Kier molecular flexibility index (Phi) is 3.19. The normalized spacial score (nSPS) is 22.3. The lowest BCUT2D eigenvalue weighted by atomic mass is 10.1. The van der Waals surface area contributed by atoms with Gasteiger partial charge in [0.2, 0.25) is 0 Å². The highest BCUT2D eigenvalue weighted by Crippen LogP contribution is 2.35. The summed E-state index contributed by atoms with van der Waals surface area (Å²) in [5.41, 5.74) is 2.76.